The standard InChI is InChI=1S/C27H28FNO4/c1-15-12-21-24(25-23(15)19(14-32-25)27(3,4)5)16(2)18(26(31)33-21)13-22(30)29-11-10-17-8-6-7-9-20(17)28/h6-9,12,14H,10-11,13H2,1-5H3,(H,29,30). The topological polar surface area (TPSA) is 72.5 Å². The van der Waals surface area contributed by atoms with Gasteiger partial charge >= 0.3 is 5.63 Å². The summed E-state index contributed by atoms with van der Waals surface area (Å²) < 4.78 is 25.4. The summed E-state index contributed by atoms with van der Waals surface area (Å²) in [6, 6.07) is 8.32. The van der Waals surface area contributed by atoms with Gasteiger partial charge in [0.05, 0.1) is 23.6 Å². The van der Waals surface area contributed by atoms with Gasteiger partial charge in [-0.1, -0.05) is 39.0 Å². The zero-order valence-electron chi connectivity index (χ0n) is 19.6. The van der Waals surface area contributed by atoms with Crippen molar-refractivity contribution in [3.63, 3.8) is 0 Å². The van der Waals surface area contributed by atoms with Gasteiger partial charge in [-0.25, -0.2) is 9.18 Å². The number of halogens is 1. The van der Waals surface area contributed by atoms with Gasteiger partial charge in [-0.15, -0.1) is 0 Å². The van der Waals surface area contributed by atoms with E-state index in [0.29, 0.717) is 39.7 Å². The summed E-state index contributed by atoms with van der Waals surface area (Å²) in [6.45, 7) is 10.4. The lowest BCUT2D eigenvalue weighted by Crippen LogP contribution is -2.29. The van der Waals surface area contributed by atoms with Crippen molar-refractivity contribution in [1.29, 1.82) is 0 Å². The molecule has 0 saturated carbocycles. The first-order chi connectivity index (χ1) is 15.6. The second-order valence-corrected chi connectivity index (χ2v) is 9.53. The third-order valence-electron chi connectivity index (χ3n) is 6.10. The monoisotopic (exact) mass is 449 g/mol. The van der Waals surface area contributed by atoms with Crippen LogP contribution < -0.4 is 10.9 Å². The Morgan fingerprint density at radius 2 is 1.85 bits per heavy atom. The molecule has 0 aliphatic carbocycles. The molecule has 0 fully saturated rings. The second-order valence-electron chi connectivity index (χ2n) is 9.53. The van der Waals surface area contributed by atoms with E-state index in [1.54, 1.807) is 24.5 Å². The summed E-state index contributed by atoms with van der Waals surface area (Å²) in [5.74, 6) is -0.621. The zero-order valence-corrected chi connectivity index (χ0v) is 19.6. The Morgan fingerprint density at radius 3 is 2.55 bits per heavy atom. The Balaban J connectivity index is 1.65. The fourth-order valence-electron chi connectivity index (χ4n) is 4.30. The molecule has 1 amide bonds. The highest BCUT2D eigenvalue weighted by Crippen LogP contribution is 2.38. The predicted molar refractivity (Wildman–Crippen MR) is 127 cm³/mol. The second kappa shape index (κ2) is 8.50. The van der Waals surface area contributed by atoms with Crippen LogP contribution >= 0.6 is 0 Å². The molecule has 0 saturated heterocycles. The van der Waals surface area contributed by atoms with Crippen LogP contribution in [0.2, 0.25) is 0 Å². The average Bonchev–Trinajstić information content (AvgIpc) is 3.18. The Labute approximate surface area is 191 Å². The maximum atomic E-state index is 13.8. The van der Waals surface area contributed by atoms with E-state index in [0.717, 1.165) is 16.5 Å². The molecule has 4 aromatic rings. The van der Waals surface area contributed by atoms with E-state index in [1.807, 2.05) is 19.9 Å². The molecule has 0 unspecified atom stereocenters. The molecule has 2 heterocycles. The van der Waals surface area contributed by atoms with Crippen molar-refractivity contribution in [2.24, 2.45) is 0 Å². The molecule has 0 spiro atoms. The molecule has 0 atom stereocenters. The smallest absolute Gasteiger partial charge is 0.340 e. The third kappa shape index (κ3) is 4.30. The van der Waals surface area contributed by atoms with Crippen LogP contribution in [0.4, 0.5) is 4.39 Å². The third-order valence-corrected chi connectivity index (χ3v) is 6.10. The summed E-state index contributed by atoms with van der Waals surface area (Å²) >= 11 is 0. The minimum absolute atomic E-state index is 0.117. The van der Waals surface area contributed by atoms with Gasteiger partial charge in [0, 0.05) is 17.5 Å². The number of carbonyl (C=O) groups is 1. The number of hydrogen-bond acceptors (Lipinski definition) is 4. The van der Waals surface area contributed by atoms with Crippen LogP contribution in [0.5, 0.6) is 0 Å². The molecule has 0 aliphatic heterocycles. The normalized spacial score (nSPS) is 11.9. The SMILES string of the molecule is Cc1cc2oc(=O)c(CC(=O)NCCc3ccccc3F)c(C)c2c2occ(C(C)(C)C)c12. The maximum Gasteiger partial charge on any atom is 0.340 e. The number of furan rings is 1. The number of amides is 1. The van der Waals surface area contributed by atoms with Crippen LogP contribution in [0, 0.1) is 19.7 Å². The lowest BCUT2D eigenvalue weighted by molar-refractivity contribution is -0.120. The first-order valence-electron chi connectivity index (χ1n) is 11.1. The van der Waals surface area contributed by atoms with Gasteiger partial charge in [-0.05, 0) is 54.5 Å². The summed E-state index contributed by atoms with van der Waals surface area (Å²) in [7, 11) is 0. The Kier molecular flexibility index (Phi) is 5.87. The van der Waals surface area contributed by atoms with Crippen molar-refractivity contribution in [2.45, 2.75) is 52.9 Å². The molecule has 4 rings (SSSR count). The highest BCUT2D eigenvalue weighted by molar-refractivity contribution is 6.07. The summed E-state index contributed by atoms with van der Waals surface area (Å²) in [6.07, 6.45) is 2.01. The van der Waals surface area contributed by atoms with Gasteiger partial charge in [0.25, 0.3) is 0 Å². The Hall–Kier alpha value is -3.41. The Morgan fingerprint density at radius 1 is 1.12 bits per heavy atom. The molecule has 172 valence electrons. The fourth-order valence-corrected chi connectivity index (χ4v) is 4.30. The largest absolute Gasteiger partial charge is 0.463 e. The van der Waals surface area contributed by atoms with Gasteiger partial charge in [-0.3, -0.25) is 4.79 Å². The van der Waals surface area contributed by atoms with Crippen LogP contribution in [0.3, 0.4) is 0 Å². The van der Waals surface area contributed by atoms with Gasteiger partial charge in [0.2, 0.25) is 5.91 Å². The van der Waals surface area contributed by atoms with Crippen LogP contribution in [0.15, 0.2) is 50.2 Å². The quantitative estimate of drug-likeness (QED) is 0.409. The first kappa shape index (κ1) is 22.8. The van der Waals surface area contributed by atoms with E-state index in [-0.39, 0.29) is 30.1 Å². The molecule has 0 aliphatic rings. The van der Waals surface area contributed by atoms with Crippen LogP contribution in [0.25, 0.3) is 21.9 Å². The molecule has 2 aromatic carbocycles. The van der Waals surface area contributed by atoms with Crippen LogP contribution in [-0.4, -0.2) is 12.5 Å². The average molecular weight is 450 g/mol. The molecular weight excluding hydrogens is 421 g/mol. The zero-order chi connectivity index (χ0) is 23.9. The van der Waals surface area contributed by atoms with Crippen molar-refractivity contribution in [3.8, 4) is 0 Å². The summed E-state index contributed by atoms with van der Waals surface area (Å²) in [4.78, 5) is 25.3. The molecule has 33 heavy (non-hydrogen) atoms. The highest BCUT2D eigenvalue weighted by Gasteiger charge is 2.25. The van der Waals surface area contributed by atoms with Crippen LogP contribution in [0.1, 0.15) is 48.6 Å². The Bertz CT molecular complexity index is 1420. The molecule has 0 bridgehead atoms. The molecule has 1 N–H and O–H groups in total. The number of nitrogens with one attached hydrogen (secondary N) is 1. The fraction of sp³-hybridized carbons (Fsp3) is 0.333. The highest BCUT2D eigenvalue weighted by atomic mass is 19.1. The van der Waals surface area contributed by atoms with E-state index in [9.17, 15) is 14.0 Å². The lowest BCUT2D eigenvalue weighted by Gasteiger charge is -2.17. The van der Waals surface area contributed by atoms with Crippen molar-refractivity contribution >= 4 is 27.8 Å². The predicted octanol–water partition coefficient (Wildman–Crippen LogP) is 5.49. The van der Waals surface area contributed by atoms with E-state index in [2.05, 4.69) is 26.1 Å². The van der Waals surface area contributed by atoms with Gasteiger partial charge in [-0.2, -0.15) is 0 Å². The van der Waals surface area contributed by atoms with Crippen molar-refractivity contribution in [3.05, 3.63) is 80.6 Å². The van der Waals surface area contributed by atoms with E-state index in [1.165, 1.54) is 6.07 Å². The molecule has 2 aromatic heterocycles. The minimum Gasteiger partial charge on any atom is -0.463 e. The molecule has 6 heteroatoms. The van der Waals surface area contributed by atoms with E-state index >= 15 is 0 Å². The number of hydrogen-bond donors (Lipinski definition) is 1. The number of aryl methyl sites for hydroxylation is 2. The molecule has 0 radical (unpaired) electrons. The number of rotatable bonds is 5. The minimum atomic E-state index is -0.536. The van der Waals surface area contributed by atoms with Gasteiger partial charge in [0.1, 0.15) is 17.0 Å². The molecule has 5 nitrogen and oxygen atoms in total. The number of benzene rings is 2. The molecular formula is C27H28FNO4. The first-order valence-corrected chi connectivity index (χ1v) is 11.1. The summed E-state index contributed by atoms with van der Waals surface area (Å²) in [5, 5.41) is 4.48. The van der Waals surface area contributed by atoms with E-state index in [4.69, 9.17) is 8.83 Å². The van der Waals surface area contributed by atoms with Crippen molar-refractivity contribution in [2.75, 3.05) is 6.54 Å². The summed E-state index contributed by atoms with van der Waals surface area (Å²) in [5.41, 5.74) is 4.00. The lowest BCUT2D eigenvalue weighted by atomic mass is 9.85. The van der Waals surface area contributed by atoms with Crippen molar-refractivity contribution < 1.29 is 18.0 Å². The van der Waals surface area contributed by atoms with Gasteiger partial charge in [0.15, 0.2) is 0 Å². The number of carbonyl (C=O) groups excluding carboxylic acids is 1. The maximum absolute atomic E-state index is 13.8. The van der Waals surface area contributed by atoms with Crippen LogP contribution in [-0.2, 0) is 23.1 Å². The van der Waals surface area contributed by atoms with E-state index < -0.39 is 5.63 Å². The number of fused-ring (bicyclic) bond motifs is 3. The van der Waals surface area contributed by atoms with Gasteiger partial charge < -0.3 is 14.2 Å². The van der Waals surface area contributed by atoms with Crippen molar-refractivity contribution in [1.82, 2.24) is 5.32 Å².